The molecule has 3 heterocycles. The topological polar surface area (TPSA) is 74.7 Å². The van der Waals surface area contributed by atoms with Gasteiger partial charge in [0.25, 0.3) is 6.43 Å². The first-order valence-corrected chi connectivity index (χ1v) is 8.62. The van der Waals surface area contributed by atoms with Gasteiger partial charge in [0, 0.05) is 23.5 Å². The molecule has 0 radical (unpaired) electrons. The van der Waals surface area contributed by atoms with Gasteiger partial charge in [-0.1, -0.05) is 23.7 Å². The van der Waals surface area contributed by atoms with Gasteiger partial charge in [0.1, 0.15) is 30.1 Å². The van der Waals surface area contributed by atoms with Crippen molar-refractivity contribution in [2.75, 3.05) is 0 Å². The largest absolute Gasteiger partial charge is 0.295 e. The zero-order chi connectivity index (χ0) is 19.8. The third kappa shape index (κ3) is 3.43. The van der Waals surface area contributed by atoms with Crippen LogP contribution in [-0.2, 0) is 13.1 Å². The van der Waals surface area contributed by atoms with Gasteiger partial charge in [-0.05, 0) is 6.07 Å². The Balaban J connectivity index is 1.66. The Bertz CT molecular complexity index is 998. The van der Waals surface area contributed by atoms with Crippen molar-refractivity contribution >= 4 is 23.6 Å². The van der Waals surface area contributed by atoms with Crippen LogP contribution in [0, 0.1) is 5.82 Å². The molecule has 0 saturated carbocycles. The van der Waals surface area contributed by atoms with E-state index in [0.717, 1.165) is 4.68 Å². The maximum atomic E-state index is 14.3. The van der Waals surface area contributed by atoms with Crippen LogP contribution in [0.25, 0.3) is 5.70 Å². The second-order valence-electron chi connectivity index (χ2n) is 6.18. The SMILES string of the molecule is NN1C=NC2=C(c3cnn(CC(F)F)c3)NN(Cc3cccc(Cl)c3F)C2=C1. The number of nitrogens with zero attached hydrogens (tertiary/aromatic N) is 5. The Morgan fingerprint density at radius 1 is 1.29 bits per heavy atom. The molecule has 0 spiro atoms. The Morgan fingerprint density at radius 3 is 2.89 bits per heavy atom. The lowest BCUT2D eigenvalue weighted by Gasteiger charge is -2.24. The maximum absolute atomic E-state index is 14.3. The molecular weight excluding hydrogens is 395 g/mol. The molecule has 3 N–H and O–H groups in total. The van der Waals surface area contributed by atoms with Gasteiger partial charge in [-0.3, -0.25) is 20.1 Å². The van der Waals surface area contributed by atoms with Gasteiger partial charge in [-0.2, -0.15) is 5.10 Å². The van der Waals surface area contributed by atoms with E-state index in [-0.39, 0.29) is 11.6 Å². The summed E-state index contributed by atoms with van der Waals surface area (Å²) in [6.45, 7) is -0.373. The predicted molar refractivity (Wildman–Crippen MR) is 97.8 cm³/mol. The van der Waals surface area contributed by atoms with E-state index in [2.05, 4.69) is 15.5 Å². The van der Waals surface area contributed by atoms with E-state index in [1.54, 1.807) is 23.3 Å². The maximum Gasteiger partial charge on any atom is 0.257 e. The van der Waals surface area contributed by atoms with Gasteiger partial charge < -0.3 is 0 Å². The van der Waals surface area contributed by atoms with Crippen LogP contribution in [0.1, 0.15) is 11.1 Å². The van der Waals surface area contributed by atoms with E-state index in [1.807, 2.05) is 0 Å². The van der Waals surface area contributed by atoms with Crippen LogP contribution in [0.4, 0.5) is 13.2 Å². The minimum atomic E-state index is -2.52. The molecule has 11 heteroatoms. The molecule has 0 amide bonds. The number of nitrogens with one attached hydrogen (secondary N) is 1. The third-order valence-electron chi connectivity index (χ3n) is 4.22. The van der Waals surface area contributed by atoms with Crippen molar-refractivity contribution in [2.45, 2.75) is 19.5 Å². The molecule has 0 atom stereocenters. The predicted octanol–water partition coefficient (Wildman–Crippen LogP) is 2.69. The number of benzene rings is 1. The smallest absolute Gasteiger partial charge is 0.257 e. The van der Waals surface area contributed by atoms with Crippen molar-refractivity contribution in [3.8, 4) is 0 Å². The van der Waals surface area contributed by atoms with Crippen molar-refractivity contribution in [1.29, 1.82) is 0 Å². The van der Waals surface area contributed by atoms with Crippen molar-refractivity contribution in [3.63, 3.8) is 0 Å². The summed E-state index contributed by atoms with van der Waals surface area (Å²) < 4.78 is 40.7. The Labute approximate surface area is 163 Å². The molecule has 0 saturated heterocycles. The van der Waals surface area contributed by atoms with Gasteiger partial charge in [0.2, 0.25) is 0 Å². The molecular formula is C17H15ClF3N7. The molecule has 0 unspecified atom stereocenters. The second-order valence-corrected chi connectivity index (χ2v) is 6.59. The summed E-state index contributed by atoms with van der Waals surface area (Å²) in [5.41, 5.74) is 5.76. The summed E-state index contributed by atoms with van der Waals surface area (Å²) >= 11 is 5.87. The number of alkyl halides is 2. The normalized spacial score (nSPS) is 16.0. The fourth-order valence-electron chi connectivity index (χ4n) is 2.97. The van der Waals surface area contributed by atoms with Crippen LogP contribution >= 0.6 is 11.6 Å². The minimum Gasteiger partial charge on any atom is -0.295 e. The number of fused-ring (bicyclic) bond motifs is 1. The molecule has 146 valence electrons. The van der Waals surface area contributed by atoms with Crippen LogP contribution in [0.15, 0.2) is 53.2 Å². The summed E-state index contributed by atoms with van der Waals surface area (Å²) in [4.78, 5) is 4.31. The van der Waals surface area contributed by atoms with E-state index in [9.17, 15) is 13.2 Å². The average Bonchev–Trinajstić information content (AvgIpc) is 3.23. The lowest BCUT2D eigenvalue weighted by molar-refractivity contribution is 0.122. The van der Waals surface area contributed by atoms with Crippen LogP contribution in [-0.4, -0.2) is 32.6 Å². The van der Waals surface area contributed by atoms with E-state index >= 15 is 0 Å². The zero-order valence-corrected chi connectivity index (χ0v) is 15.1. The number of rotatable bonds is 5. The number of halogens is 4. The van der Waals surface area contributed by atoms with Crippen molar-refractivity contribution in [2.24, 2.45) is 10.8 Å². The van der Waals surface area contributed by atoms with E-state index in [0.29, 0.717) is 28.2 Å². The lowest BCUT2D eigenvalue weighted by atomic mass is 10.2. The highest BCUT2D eigenvalue weighted by molar-refractivity contribution is 6.30. The summed E-state index contributed by atoms with van der Waals surface area (Å²) in [7, 11) is 0. The first-order chi connectivity index (χ1) is 13.4. The molecule has 1 aromatic heterocycles. The van der Waals surface area contributed by atoms with Crippen LogP contribution in [0.5, 0.6) is 0 Å². The third-order valence-corrected chi connectivity index (χ3v) is 4.51. The van der Waals surface area contributed by atoms with E-state index < -0.39 is 18.8 Å². The van der Waals surface area contributed by atoms with Crippen molar-refractivity contribution in [1.82, 2.24) is 25.2 Å². The first kappa shape index (κ1) is 18.4. The molecule has 2 aliphatic heterocycles. The number of aliphatic imine (C=N–C) groups is 1. The highest BCUT2D eigenvalue weighted by Gasteiger charge is 2.31. The molecule has 0 bridgehead atoms. The standard InChI is InChI=1S/C17H15ClF3N7/c18-12-3-1-2-10(15(12)21)6-28-13-7-26(22)9-23-17(13)16(25-28)11-4-24-27(5-11)8-14(19)20/h1-5,7,9,14,25H,6,8,22H2. The molecule has 2 aliphatic rings. The highest BCUT2D eigenvalue weighted by atomic mass is 35.5. The van der Waals surface area contributed by atoms with Gasteiger partial charge in [0.05, 0.1) is 23.5 Å². The van der Waals surface area contributed by atoms with Gasteiger partial charge in [-0.15, -0.1) is 0 Å². The molecule has 28 heavy (non-hydrogen) atoms. The van der Waals surface area contributed by atoms with Crippen LogP contribution in [0.3, 0.4) is 0 Å². The molecule has 0 fully saturated rings. The highest BCUT2D eigenvalue weighted by Crippen LogP contribution is 2.34. The average molecular weight is 410 g/mol. The van der Waals surface area contributed by atoms with Gasteiger partial charge in [0.15, 0.2) is 0 Å². The van der Waals surface area contributed by atoms with E-state index in [4.69, 9.17) is 17.4 Å². The van der Waals surface area contributed by atoms with Crippen LogP contribution in [0.2, 0.25) is 5.02 Å². The Morgan fingerprint density at radius 2 is 2.11 bits per heavy atom. The Kier molecular flexibility index (Phi) is 4.73. The fraction of sp³-hybridized carbons (Fsp3) is 0.176. The Hall–Kier alpha value is -2.98. The summed E-state index contributed by atoms with van der Waals surface area (Å²) in [5, 5.41) is 6.89. The summed E-state index contributed by atoms with van der Waals surface area (Å²) in [5.74, 6) is 5.26. The van der Waals surface area contributed by atoms with Crippen LogP contribution < -0.4 is 11.3 Å². The molecule has 4 rings (SSSR count). The van der Waals surface area contributed by atoms with Crippen molar-refractivity contribution in [3.05, 3.63) is 70.2 Å². The summed E-state index contributed by atoms with van der Waals surface area (Å²) in [6, 6.07) is 4.74. The fourth-order valence-corrected chi connectivity index (χ4v) is 3.16. The lowest BCUT2D eigenvalue weighted by Crippen LogP contribution is -2.33. The number of hydrogen-bond donors (Lipinski definition) is 2. The molecule has 2 aromatic rings. The van der Waals surface area contributed by atoms with Gasteiger partial charge in [-0.25, -0.2) is 24.0 Å². The number of nitrogens with two attached hydrogens (primary N) is 1. The number of aromatic nitrogens is 2. The quantitative estimate of drug-likeness (QED) is 0.743. The minimum absolute atomic E-state index is 0.0227. The summed E-state index contributed by atoms with van der Waals surface area (Å²) in [6.07, 6.45) is 3.47. The molecule has 7 nitrogen and oxygen atoms in total. The number of hydrazine groups is 2. The monoisotopic (exact) mass is 409 g/mol. The second kappa shape index (κ2) is 7.21. The van der Waals surface area contributed by atoms with Gasteiger partial charge >= 0.3 is 0 Å². The zero-order valence-electron chi connectivity index (χ0n) is 14.4. The number of hydrogen-bond acceptors (Lipinski definition) is 6. The van der Waals surface area contributed by atoms with Crippen molar-refractivity contribution < 1.29 is 13.2 Å². The molecule has 0 aliphatic carbocycles. The first-order valence-electron chi connectivity index (χ1n) is 8.24. The van der Waals surface area contributed by atoms with E-state index in [1.165, 1.54) is 29.8 Å². The molecule has 1 aromatic carbocycles.